The van der Waals surface area contributed by atoms with Gasteiger partial charge in [0.25, 0.3) is 0 Å². The maximum absolute atomic E-state index is 11.3. The predicted octanol–water partition coefficient (Wildman–Crippen LogP) is 2.05. The normalized spacial score (nSPS) is 13.5. The van der Waals surface area contributed by atoms with Gasteiger partial charge in [-0.25, -0.2) is 0 Å². The summed E-state index contributed by atoms with van der Waals surface area (Å²) in [4.78, 5) is 0. The third-order valence-corrected chi connectivity index (χ3v) is 6.29. The minimum Gasteiger partial charge on any atom is -0.323 e. The second-order valence-corrected chi connectivity index (χ2v) is 8.92. The van der Waals surface area contributed by atoms with E-state index in [4.69, 9.17) is 0 Å². The molecule has 0 bridgehead atoms. The van der Waals surface area contributed by atoms with Crippen molar-refractivity contribution in [1.82, 2.24) is 0 Å². The molecule has 0 aliphatic carbocycles. The van der Waals surface area contributed by atoms with Crippen LogP contribution in [0.15, 0.2) is 0 Å². The molecule has 0 fully saturated rings. The molecule has 0 saturated heterocycles. The molecule has 0 radical (unpaired) electrons. The molecule has 0 heterocycles. The van der Waals surface area contributed by atoms with Crippen LogP contribution in [0.2, 0.25) is 0 Å². The van der Waals surface area contributed by atoms with E-state index in [1.807, 2.05) is 0 Å². The Balaban J connectivity index is 4.34. The first-order valence-corrected chi connectivity index (χ1v) is 7.59. The molecule has 0 unspecified atom stereocenters. The second kappa shape index (κ2) is 3.86. The highest BCUT2D eigenvalue weighted by Crippen LogP contribution is 2.58. The highest BCUT2D eigenvalue weighted by atomic mass is 31.2. The van der Waals surface area contributed by atoms with Crippen molar-refractivity contribution >= 4 is 14.7 Å². The van der Waals surface area contributed by atoms with Crippen LogP contribution in [0.1, 0.15) is 0 Å². The van der Waals surface area contributed by atoms with Gasteiger partial charge in [0.05, 0.1) is 7.14 Å². The SMILES string of the molecule is COP(=O)(CP(C)(C)=O)OC. The smallest absolute Gasteiger partial charge is 0.323 e. The largest absolute Gasteiger partial charge is 0.337 e. The van der Waals surface area contributed by atoms with Gasteiger partial charge in [0.15, 0.2) is 0 Å². The molecule has 0 N–H and O–H groups in total. The predicted molar refractivity (Wildman–Crippen MR) is 45.9 cm³/mol. The Bertz CT molecular complexity index is 199. The third kappa shape index (κ3) is 4.76. The lowest BCUT2D eigenvalue weighted by atomic mass is 11.8. The fourth-order valence-electron chi connectivity index (χ4n) is 0.607. The van der Waals surface area contributed by atoms with Crippen molar-refractivity contribution in [1.29, 1.82) is 0 Å². The van der Waals surface area contributed by atoms with Crippen LogP contribution in [-0.2, 0) is 18.2 Å². The molecule has 0 aromatic heterocycles. The Labute approximate surface area is 67.2 Å². The van der Waals surface area contributed by atoms with Gasteiger partial charge in [0.1, 0.15) is 5.90 Å². The van der Waals surface area contributed by atoms with Crippen molar-refractivity contribution in [2.24, 2.45) is 0 Å². The summed E-state index contributed by atoms with van der Waals surface area (Å²) in [6, 6.07) is 0. The zero-order chi connectivity index (χ0) is 9.12. The highest BCUT2D eigenvalue weighted by Gasteiger charge is 2.27. The molecular formula is C5H14O4P2. The Morgan fingerprint density at radius 1 is 1.09 bits per heavy atom. The topological polar surface area (TPSA) is 52.6 Å². The summed E-state index contributed by atoms with van der Waals surface area (Å²) >= 11 is 0. The van der Waals surface area contributed by atoms with Gasteiger partial charge in [-0.3, -0.25) is 4.57 Å². The van der Waals surface area contributed by atoms with Crippen molar-refractivity contribution in [3.8, 4) is 0 Å². The monoisotopic (exact) mass is 200 g/mol. The van der Waals surface area contributed by atoms with E-state index in [0.717, 1.165) is 0 Å². The van der Waals surface area contributed by atoms with Crippen LogP contribution in [0.5, 0.6) is 0 Å². The third-order valence-electron chi connectivity index (χ3n) is 1.07. The van der Waals surface area contributed by atoms with Gasteiger partial charge in [0.2, 0.25) is 0 Å². The first-order chi connectivity index (χ1) is 4.83. The molecule has 0 amide bonds. The Morgan fingerprint density at radius 3 is 1.55 bits per heavy atom. The van der Waals surface area contributed by atoms with Crippen LogP contribution >= 0.6 is 14.7 Å². The van der Waals surface area contributed by atoms with Gasteiger partial charge in [-0.2, -0.15) is 0 Å². The van der Waals surface area contributed by atoms with Gasteiger partial charge in [-0.1, -0.05) is 0 Å². The zero-order valence-corrected chi connectivity index (χ0v) is 9.02. The van der Waals surface area contributed by atoms with E-state index < -0.39 is 14.7 Å². The van der Waals surface area contributed by atoms with Crippen LogP contribution < -0.4 is 0 Å². The summed E-state index contributed by atoms with van der Waals surface area (Å²) in [6.07, 6.45) is 0. The number of hydrogen-bond acceptors (Lipinski definition) is 4. The van der Waals surface area contributed by atoms with Gasteiger partial charge in [0, 0.05) is 14.2 Å². The fraction of sp³-hybridized carbons (Fsp3) is 1.00. The maximum atomic E-state index is 11.3. The molecule has 0 atom stereocenters. The van der Waals surface area contributed by atoms with Gasteiger partial charge < -0.3 is 13.6 Å². The zero-order valence-electron chi connectivity index (χ0n) is 7.23. The first-order valence-electron chi connectivity index (χ1n) is 3.07. The fourth-order valence-corrected chi connectivity index (χ4v) is 5.02. The minimum absolute atomic E-state index is 0.00694. The van der Waals surface area contributed by atoms with Crippen molar-refractivity contribution in [2.45, 2.75) is 0 Å². The van der Waals surface area contributed by atoms with E-state index in [2.05, 4.69) is 9.05 Å². The minimum atomic E-state index is -3.07. The molecule has 11 heavy (non-hydrogen) atoms. The average Bonchev–Trinajstić information content (AvgIpc) is 1.84. The van der Waals surface area contributed by atoms with Crippen molar-refractivity contribution in [3.05, 3.63) is 0 Å². The lowest BCUT2D eigenvalue weighted by molar-refractivity contribution is 0.280. The summed E-state index contributed by atoms with van der Waals surface area (Å²) in [7, 11) is -2.82. The first kappa shape index (κ1) is 11.4. The molecule has 0 aliphatic rings. The lowest BCUT2D eigenvalue weighted by Crippen LogP contribution is -1.94. The van der Waals surface area contributed by atoms with E-state index >= 15 is 0 Å². The summed E-state index contributed by atoms with van der Waals surface area (Å²) in [6.45, 7) is 3.11. The molecule has 6 heteroatoms. The van der Waals surface area contributed by atoms with E-state index in [0.29, 0.717) is 0 Å². The molecule has 0 saturated carbocycles. The van der Waals surface area contributed by atoms with E-state index in [9.17, 15) is 9.13 Å². The van der Waals surface area contributed by atoms with Crippen LogP contribution in [0.25, 0.3) is 0 Å². The summed E-state index contributed by atoms with van der Waals surface area (Å²) in [5.41, 5.74) is 0. The summed E-state index contributed by atoms with van der Waals surface area (Å²) in [5.74, 6) is 0.00694. The standard InChI is InChI=1S/C5H14O4P2/c1-8-11(7,9-2)5-10(3,4)6/h5H2,1-4H3. The molecular weight excluding hydrogens is 186 g/mol. The summed E-state index contributed by atoms with van der Waals surface area (Å²) in [5, 5.41) is 0. The highest BCUT2D eigenvalue weighted by molar-refractivity contribution is 7.75. The van der Waals surface area contributed by atoms with Gasteiger partial charge >= 0.3 is 7.60 Å². The maximum Gasteiger partial charge on any atom is 0.337 e. The van der Waals surface area contributed by atoms with E-state index in [1.54, 1.807) is 13.3 Å². The Hall–Kier alpha value is 0.380. The molecule has 0 spiro atoms. The Kier molecular flexibility index (Phi) is 3.99. The molecule has 0 rings (SSSR count). The van der Waals surface area contributed by atoms with Crippen molar-refractivity contribution in [2.75, 3.05) is 33.5 Å². The van der Waals surface area contributed by atoms with Crippen molar-refractivity contribution in [3.63, 3.8) is 0 Å². The number of hydrogen-bond donors (Lipinski definition) is 0. The van der Waals surface area contributed by atoms with E-state index in [-0.39, 0.29) is 5.90 Å². The van der Waals surface area contributed by atoms with Gasteiger partial charge in [-0.15, -0.1) is 0 Å². The van der Waals surface area contributed by atoms with Crippen molar-refractivity contribution < 1.29 is 18.2 Å². The molecule has 0 aromatic carbocycles. The number of rotatable bonds is 4. The second-order valence-electron chi connectivity index (χ2n) is 2.69. The average molecular weight is 200 g/mol. The molecule has 4 nitrogen and oxygen atoms in total. The molecule has 68 valence electrons. The molecule has 0 aliphatic heterocycles. The molecule has 0 aromatic rings. The van der Waals surface area contributed by atoms with Crippen LogP contribution in [0.3, 0.4) is 0 Å². The Morgan fingerprint density at radius 2 is 1.45 bits per heavy atom. The van der Waals surface area contributed by atoms with Crippen LogP contribution in [0, 0.1) is 0 Å². The van der Waals surface area contributed by atoms with Crippen LogP contribution in [-0.4, -0.2) is 33.5 Å². The lowest BCUT2D eigenvalue weighted by Gasteiger charge is -2.15. The van der Waals surface area contributed by atoms with Crippen LogP contribution in [0.4, 0.5) is 0 Å². The van der Waals surface area contributed by atoms with Gasteiger partial charge in [-0.05, 0) is 13.3 Å². The van der Waals surface area contributed by atoms with E-state index in [1.165, 1.54) is 14.2 Å². The quantitative estimate of drug-likeness (QED) is 0.651. The summed E-state index contributed by atoms with van der Waals surface area (Å²) < 4.78 is 31.8.